The standard InChI is InChI=1S/C19H18F2N4O/c1-3-26-15-7-5-14(6-8-15)24-18-11-19(23-12(2)22-18)25-17-9-4-13(20)10-16(17)21/h4-11H,3H2,1-2H3,(H2,22,23,24,25). The van der Waals surface area contributed by atoms with E-state index < -0.39 is 11.6 Å². The fraction of sp³-hybridized carbons (Fsp3) is 0.158. The third-order valence-electron chi connectivity index (χ3n) is 3.47. The van der Waals surface area contributed by atoms with E-state index in [4.69, 9.17) is 4.74 Å². The van der Waals surface area contributed by atoms with E-state index in [0.29, 0.717) is 24.1 Å². The molecule has 0 amide bonds. The molecule has 0 radical (unpaired) electrons. The van der Waals surface area contributed by atoms with Gasteiger partial charge in [-0.3, -0.25) is 0 Å². The summed E-state index contributed by atoms with van der Waals surface area (Å²) in [6.45, 7) is 4.26. The minimum absolute atomic E-state index is 0.136. The van der Waals surface area contributed by atoms with Gasteiger partial charge in [0.15, 0.2) is 0 Å². The molecule has 0 spiro atoms. The molecular formula is C19H18F2N4O. The third-order valence-corrected chi connectivity index (χ3v) is 3.47. The van der Waals surface area contributed by atoms with Crippen LogP contribution in [0.2, 0.25) is 0 Å². The van der Waals surface area contributed by atoms with Crippen molar-refractivity contribution in [3.63, 3.8) is 0 Å². The normalized spacial score (nSPS) is 10.5. The molecule has 0 saturated heterocycles. The van der Waals surface area contributed by atoms with Crippen LogP contribution in [0.3, 0.4) is 0 Å². The van der Waals surface area contributed by atoms with Gasteiger partial charge in [0.2, 0.25) is 0 Å². The van der Waals surface area contributed by atoms with E-state index >= 15 is 0 Å². The Labute approximate surface area is 150 Å². The van der Waals surface area contributed by atoms with Crippen LogP contribution in [0.1, 0.15) is 12.7 Å². The summed E-state index contributed by atoms with van der Waals surface area (Å²) in [5.41, 5.74) is 0.960. The topological polar surface area (TPSA) is 59.1 Å². The number of nitrogens with zero attached hydrogens (tertiary/aromatic N) is 2. The van der Waals surface area contributed by atoms with Crippen molar-refractivity contribution in [3.05, 3.63) is 66.0 Å². The Morgan fingerprint density at radius 1 is 0.923 bits per heavy atom. The van der Waals surface area contributed by atoms with Crippen molar-refractivity contribution >= 4 is 23.0 Å². The van der Waals surface area contributed by atoms with E-state index in [1.165, 1.54) is 12.1 Å². The Morgan fingerprint density at radius 2 is 1.62 bits per heavy atom. The van der Waals surface area contributed by atoms with Crippen molar-refractivity contribution in [1.29, 1.82) is 0 Å². The number of rotatable bonds is 6. The van der Waals surface area contributed by atoms with Crippen LogP contribution in [-0.2, 0) is 0 Å². The Balaban J connectivity index is 1.78. The number of aromatic nitrogens is 2. The molecule has 0 unspecified atom stereocenters. The van der Waals surface area contributed by atoms with Gasteiger partial charge in [-0.1, -0.05) is 0 Å². The molecule has 134 valence electrons. The second-order valence-corrected chi connectivity index (χ2v) is 5.52. The lowest BCUT2D eigenvalue weighted by Gasteiger charge is -2.11. The van der Waals surface area contributed by atoms with Gasteiger partial charge in [-0.15, -0.1) is 0 Å². The number of hydrogen-bond donors (Lipinski definition) is 2. The Bertz CT molecular complexity index is 901. The molecule has 3 rings (SSSR count). The van der Waals surface area contributed by atoms with Gasteiger partial charge >= 0.3 is 0 Å². The summed E-state index contributed by atoms with van der Waals surface area (Å²) in [4.78, 5) is 8.55. The number of benzene rings is 2. The van der Waals surface area contributed by atoms with Gasteiger partial charge in [0.25, 0.3) is 0 Å². The first-order chi connectivity index (χ1) is 12.5. The Kier molecular flexibility index (Phi) is 5.26. The summed E-state index contributed by atoms with van der Waals surface area (Å²) < 4.78 is 32.2. The summed E-state index contributed by atoms with van der Waals surface area (Å²) in [5.74, 6) is 0.909. The van der Waals surface area contributed by atoms with E-state index in [9.17, 15) is 8.78 Å². The van der Waals surface area contributed by atoms with Gasteiger partial charge < -0.3 is 15.4 Å². The van der Waals surface area contributed by atoms with Crippen LogP contribution in [0, 0.1) is 18.6 Å². The van der Waals surface area contributed by atoms with Crippen LogP contribution in [-0.4, -0.2) is 16.6 Å². The maximum Gasteiger partial charge on any atom is 0.149 e. The molecule has 26 heavy (non-hydrogen) atoms. The Hall–Kier alpha value is -3.22. The van der Waals surface area contributed by atoms with E-state index in [1.54, 1.807) is 13.0 Å². The lowest BCUT2D eigenvalue weighted by Crippen LogP contribution is -2.02. The molecule has 0 bridgehead atoms. The molecule has 0 atom stereocenters. The number of nitrogens with one attached hydrogen (secondary N) is 2. The highest BCUT2D eigenvalue weighted by molar-refractivity contribution is 5.63. The van der Waals surface area contributed by atoms with Crippen molar-refractivity contribution in [2.45, 2.75) is 13.8 Å². The summed E-state index contributed by atoms with van der Waals surface area (Å²) in [7, 11) is 0. The molecule has 2 aromatic carbocycles. The van der Waals surface area contributed by atoms with Crippen molar-refractivity contribution in [3.8, 4) is 5.75 Å². The zero-order chi connectivity index (χ0) is 18.5. The number of ether oxygens (including phenoxy) is 1. The van der Waals surface area contributed by atoms with Crippen molar-refractivity contribution in [1.82, 2.24) is 9.97 Å². The Morgan fingerprint density at radius 3 is 2.27 bits per heavy atom. The molecule has 1 aromatic heterocycles. The molecule has 2 N–H and O–H groups in total. The molecule has 0 fully saturated rings. The van der Waals surface area contributed by atoms with Gasteiger partial charge in [0, 0.05) is 17.8 Å². The SMILES string of the molecule is CCOc1ccc(Nc2cc(Nc3ccc(F)cc3F)nc(C)n2)cc1. The minimum atomic E-state index is -0.692. The van der Waals surface area contributed by atoms with Gasteiger partial charge in [-0.2, -0.15) is 0 Å². The highest BCUT2D eigenvalue weighted by Crippen LogP contribution is 2.23. The first-order valence-electron chi connectivity index (χ1n) is 8.11. The fourth-order valence-corrected chi connectivity index (χ4v) is 2.37. The van der Waals surface area contributed by atoms with Gasteiger partial charge in [0.05, 0.1) is 12.3 Å². The monoisotopic (exact) mass is 356 g/mol. The zero-order valence-corrected chi connectivity index (χ0v) is 14.4. The number of aryl methyl sites for hydroxylation is 1. The van der Waals surface area contributed by atoms with Crippen LogP contribution in [0.4, 0.5) is 31.8 Å². The van der Waals surface area contributed by atoms with Crippen molar-refractivity contribution < 1.29 is 13.5 Å². The van der Waals surface area contributed by atoms with Crippen LogP contribution in [0.15, 0.2) is 48.5 Å². The van der Waals surface area contributed by atoms with E-state index in [-0.39, 0.29) is 5.69 Å². The fourth-order valence-electron chi connectivity index (χ4n) is 2.37. The molecule has 7 heteroatoms. The quantitative estimate of drug-likeness (QED) is 0.654. The van der Waals surface area contributed by atoms with Gasteiger partial charge in [-0.25, -0.2) is 18.7 Å². The summed E-state index contributed by atoms with van der Waals surface area (Å²) >= 11 is 0. The maximum atomic E-state index is 13.8. The molecule has 5 nitrogen and oxygen atoms in total. The average Bonchev–Trinajstić information content (AvgIpc) is 2.59. The first-order valence-corrected chi connectivity index (χ1v) is 8.11. The molecule has 0 aliphatic heterocycles. The second-order valence-electron chi connectivity index (χ2n) is 5.52. The van der Waals surface area contributed by atoms with E-state index in [2.05, 4.69) is 20.6 Å². The summed E-state index contributed by atoms with van der Waals surface area (Å²) in [6.07, 6.45) is 0. The van der Waals surface area contributed by atoms with Gasteiger partial charge in [0.1, 0.15) is 34.8 Å². The smallest absolute Gasteiger partial charge is 0.149 e. The van der Waals surface area contributed by atoms with E-state index in [1.807, 2.05) is 31.2 Å². The van der Waals surface area contributed by atoms with E-state index in [0.717, 1.165) is 17.5 Å². The van der Waals surface area contributed by atoms with Gasteiger partial charge in [-0.05, 0) is 50.2 Å². The average molecular weight is 356 g/mol. The van der Waals surface area contributed by atoms with Crippen LogP contribution in [0.25, 0.3) is 0 Å². The molecule has 0 saturated carbocycles. The molecule has 0 aliphatic carbocycles. The number of hydrogen-bond acceptors (Lipinski definition) is 5. The molecule has 3 aromatic rings. The lowest BCUT2D eigenvalue weighted by atomic mass is 10.3. The predicted octanol–water partition coefficient (Wildman–Crippen LogP) is 4.95. The highest BCUT2D eigenvalue weighted by Gasteiger charge is 2.07. The zero-order valence-electron chi connectivity index (χ0n) is 14.4. The van der Waals surface area contributed by atoms with Crippen LogP contribution >= 0.6 is 0 Å². The molecular weight excluding hydrogens is 338 g/mol. The highest BCUT2D eigenvalue weighted by atomic mass is 19.1. The predicted molar refractivity (Wildman–Crippen MR) is 97.3 cm³/mol. The number of anilines is 4. The summed E-state index contributed by atoms with van der Waals surface area (Å²) in [5, 5.41) is 6.00. The van der Waals surface area contributed by atoms with Crippen molar-refractivity contribution in [2.75, 3.05) is 17.2 Å². The first kappa shape index (κ1) is 17.6. The van der Waals surface area contributed by atoms with Crippen LogP contribution in [0.5, 0.6) is 5.75 Å². The number of halogens is 2. The third kappa shape index (κ3) is 4.44. The summed E-state index contributed by atoms with van der Waals surface area (Å²) in [6, 6.07) is 12.4. The second kappa shape index (κ2) is 7.77. The largest absolute Gasteiger partial charge is 0.494 e. The molecule has 0 aliphatic rings. The maximum absolute atomic E-state index is 13.8. The van der Waals surface area contributed by atoms with Crippen molar-refractivity contribution in [2.24, 2.45) is 0 Å². The minimum Gasteiger partial charge on any atom is -0.494 e. The molecule has 1 heterocycles. The van der Waals surface area contributed by atoms with Crippen LogP contribution < -0.4 is 15.4 Å². The lowest BCUT2D eigenvalue weighted by molar-refractivity contribution is 0.340.